The maximum Gasteiger partial charge on any atom is 0.152 e. The summed E-state index contributed by atoms with van der Waals surface area (Å²) in [6, 6.07) is 8.15. The summed E-state index contributed by atoms with van der Waals surface area (Å²) in [7, 11) is 1.99. The molecule has 0 atom stereocenters. The van der Waals surface area contributed by atoms with Crippen molar-refractivity contribution in [2.75, 3.05) is 0 Å². The summed E-state index contributed by atoms with van der Waals surface area (Å²) in [5, 5.41) is 8.29. The van der Waals surface area contributed by atoms with Gasteiger partial charge in [0.25, 0.3) is 0 Å². The molecule has 0 aliphatic carbocycles. The van der Waals surface area contributed by atoms with Crippen LogP contribution in [0.2, 0.25) is 0 Å². The van der Waals surface area contributed by atoms with Gasteiger partial charge in [-0.25, -0.2) is 4.98 Å². The molecule has 0 saturated carbocycles. The smallest absolute Gasteiger partial charge is 0.152 e. The summed E-state index contributed by atoms with van der Waals surface area (Å²) >= 11 is 0. The van der Waals surface area contributed by atoms with Gasteiger partial charge >= 0.3 is 0 Å². The van der Waals surface area contributed by atoms with Crippen LogP contribution in [0.1, 0.15) is 17.5 Å². The highest BCUT2D eigenvalue weighted by atomic mass is 15.3. The number of nitrogens with zero attached hydrogens (tertiary/aromatic N) is 5. The van der Waals surface area contributed by atoms with E-state index in [1.165, 1.54) is 0 Å². The summed E-state index contributed by atoms with van der Waals surface area (Å²) in [6.45, 7) is 4.67. The molecule has 0 saturated heterocycles. The Bertz CT molecular complexity index is 707. The van der Waals surface area contributed by atoms with Gasteiger partial charge in [0.15, 0.2) is 5.82 Å². The van der Waals surface area contributed by atoms with Crippen LogP contribution in [0.3, 0.4) is 0 Å². The lowest BCUT2D eigenvalue weighted by Gasteiger charge is -2.06. The van der Waals surface area contributed by atoms with Crippen LogP contribution in [0, 0.1) is 13.8 Å². The molecule has 0 aliphatic heterocycles. The Kier molecular flexibility index (Phi) is 2.40. The van der Waals surface area contributed by atoms with Crippen LogP contribution in [0.4, 0.5) is 0 Å². The number of aryl methyl sites for hydroxylation is 2. The molecule has 0 bridgehead atoms. The maximum absolute atomic E-state index is 4.55. The average molecular weight is 241 g/mol. The molecule has 0 spiro atoms. The molecule has 5 nitrogen and oxygen atoms in total. The minimum Gasteiger partial charge on any atom is -0.320 e. The molecule has 2 heterocycles. The van der Waals surface area contributed by atoms with Gasteiger partial charge in [-0.15, -0.1) is 10.2 Å². The molecule has 0 amide bonds. The lowest BCUT2D eigenvalue weighted by molar-refractivity contribution is 0.688. The Morgan fingerprint density at radius 3 is 2.56 bits per heavy atom. The van der Waals surface area contributed by atoms with Crippen molar-refractivity contribution in [1.82, 2.24) is 24.3 Å². The largest absolute Gasteiger partial charge is 0.320 e. The van der Waals surface area contributed by atoms with Gasteiger partial charge in [-0.3, -0.25) is 0 Å². The lowest BCUT2D eigenvalue weighted by Crippen LogP contribution is -2.08. The second-order valence-corrected chi connectivity index (χ2v) is 4.46. The fraction of sp³-hybridized carbons (Fsp3) is 0.308. The molecule has 0 fully saturated rings. The Morgan fingerprint density at radius 2 is 1.83 bits per heavy atom. The Hall–Kier alpha value is -2.17. The number of benzene rings is 1. The number of rotatable bonds is 2. The molecular formula is C13H15N5. The van der Waals surface area contributed by atoms with E-state index in [2.05, 4.69) is 25.8 Å². The van der Waals surface area contributed by atoms with E-state index in [0.29, 0.717) is 6.54 Å². The van der Waals surface area contributed by atoms with Crippen molar-refractivity contribution in [3.05, 3.63) is 41.7 Å². The van der Waals surface area contributed by atoms with Crippen LogP contribution in [0.5, 0.6) is 0 Å². The normalized spacial score (nSPS) is 11.3. The number of para-hydroxylation sites is 2. The first-order chi connectivity index (χ1) is 8.66. The highest BCUT2D eigenvalue weighted by Crippen LogP contribution is 2.16. The summed E-state index contributed by atoms with van der Waals surface area (Å²) in [4.78, 5) is 4.55. The molecule has 0 unspecified atom stereocenters. The lowest BCUT2D eigenvalue weighted by atomic mass is 10.3. The van der Waals surface area contributed by atoms with Gasteiger partial charge in [0.05, 0.1) is 17.6 Å². The van der Waals surface area contributed by atoms with Crippen molar-refractivity contribution >= 4 is 11.0 Å². The Morgan fingerprint density at radius 1 is 1.06 bits per heavy atom. The highest BCUT2D eigenvalue weighted by molar-refractivity contribution is 5.75. The topological polar surface area (TPSA) is 48.5 Å². The first-order valence-corrected chi connectivity index (χ1v) is 5.93. The fourth-order valence-corrected chi connectivity index (χ4v) is 2.13. The Labute approximate surface area is 105 Å². The molecule has 3 rings (SSSR count). The van der Waals surface area contributed by atoms with E-state index in [1.54, 1.807) is 0 Å². The third-order valence-corrected chi connectivity index (χ3v) is 3.33. The van der Waals surface area contributed by atoms with Crippen LogP contribution in [0.25, 0.3) is 11.0 Å². The zero-order chi connectivity index (χ0) is 12.7. The van der Waals surface area contributed by atoms with Crippen LogP contribution < -0.4 is 0 Å². The predicted octanol–water partition coefficient (Wildman–Crippen LogP) is 1.83. The summed E-state index contributed by atoms with van der Waals surface area (Å²) in [5.41, 5.74) is 2.16. The quantitative estimate of drug-likeness (QED) is 0.687. The molecular weight excluding hydrogens is 226 g/mol. The standard InChI is InChI=1S/C13H15N5/c1-9-14-11-6-4-5-7-12(11)18(9)8-13-16-15-10(2)17(13)3/h4-7H,8H2,1-3H3. The van der Waals surface area contributed by atoms with Crippen LogP contribution >= 0.6 is 0 Å². The SMILES string of the molecule is Cc1nnc(Cn2c(C)nc3ccccc32)n1C. The molecule has 2 aromatic heterocycles. The van der Waals surface area contributed by atoms with Gasteiger partial charge in [0, 0.05) is 7.05 Å². The molecule has 0 N–H and O–H groups in total. The van der Waals surface area contributed by atoms with Gasteiger partial charge < -0.3 is 9.13 Å². The third-order valence-electron chi connectivity index (χ3n) is 3.33. The van der Waals surface area contributed by atoms with E-state index < -0.39 is 0 Å². The molecule has 92 valence electrons. The zero-order valence-corrected chi connectivity index (χ0v) is 10.8. The van der Waals surface area contributed by atoms with Gasteiger partial charge in [-0.1, -0.05) is 12.1 Å². The van der Waals surface area contributed by atoms with Crippen molar-refractivity contribution in [3.8, 4) is 0 Å². The molecule has 3 aromatic rings. The van der Waals surface area contributed by atoms with Crippen LogP contribution in [-0.2, 0) is 13.6 Å². The number of hydrogen-bond donors (Lipinski definition) is 0. The predicted molar refractivity (Wildman–Crippen MR) is 69.3 cm³/mol. The maximum atomic E-state index is 4.55. The van der Waals surface area contributed by atoms with Crippen molar-refractivity contribution in [2.24, 2.45) is 7.05 Å². The minimum absolute atomic E-state index is 0.698. The number of imidazole rings is 1. The van der Waals surface area contributed by atoms with Crippen molar-refractivity contribution in [2.45, 2.75) is 20.4 Å². The van der Waals surface area contributed by atoms with E-state index in [1.807, 2.05) is 43.7 Å². The second kappa shape index (κ2) is 3.94. The zero-order valence-electron chi connectivity index (χ0n) is 10.8. The first-order valence-electron chi connectivity index (χ1n) is 5.93. The highest BCUT2D eigenvalue weighted by Gasteiger charge is 2.11. The summed E-state index contributed by atoms with van der Waals surface area (Å²) in [5.74, 6) is 2.86. The molecule has 5 heteroatoms. The van der Waals surface area contributed by atoms with Gasteiger partial charge in [-0.05, 0) is 26.0 Å². The van der Waals surface area contributed by atoms with Crippen molar-refractivity contribution in [3.63, 3.8) is 0 Å². The second-order valence-electron chi connectivity index (χ2n) is 4.46. The monoisotopic (exact) mass is 241 g/mol. The van der Waals surface area contributed by atoms with Crippen molar-refractivity contribution < 1.29 is 0 Å². The van der Waals surface area contributed by atoms with Crippen LogP contribution in [0.15, 0.2) is 24.3 Å². The molecule has 18 heavy (non-hydrogen) atoms. The van der Waals surface area contributed by atoms with E-state index in [9.17, 15) is 0 Å². The number of fused-ring (bicyclic) bond motifs is 1. The Balaban J connectivity index is 2.10. The third kappa shape index (κ3) is 1.59. The van der Waals surface area contributed by atoms with E-state index >= 15 is 0 Å². The van der Waals surface area contributed by atoms with E-state index in [-0.39, 0.29) is 0 Å². The fourth-order valence-electron chi connectivity index (χ4n) is 2.13. The van der Waals surface area contributed by atoms with E-state index in [4.69, 9.17) is 0 Å². The van der Waals surface area contributed by atoms with Gasteiger partial charge in [0.1, 0.15) is 11.6 Å². The minimum atomic E-state index is 0.698. The number of hydrogen-bond acceptors (Lipinski definition) is 3. The summed E-state index contributed by atoms with van der Waals surface area (Å²) in [6.07, 6.45) is 0. The molecule has 0 radical (unpaired) electrons. The van der Waals surface area contributed by atoms with Crippen molar-refractivity contribution in [1.29, 1.82) is 0 Å². The van der Waals surface area contributed by atoms with Gasteiger partial charge in [0.2, 0.25) is 0 Å². The first kappa shape index (κ1) is 11.0. The van der Waals surface area contributed by atoms with Gasteiger partial charge in [-0.2, -0.15) is 0 Å². The summed E-state index contributed by atoms with van der Waals surface area (Å²) < 4.78 is 4.17. The number of aromatic nitrogens is 5. The van der Waals surface area contributed by atoms with E-state index in [0.717, 1.165) is 28.5 Å². The van der Waals surface area contributed by atoms with Crippen LogP contribution in [-0.4, -0.2) is 24.3 Å². The molecule has 0 aliphatic rings. The molecule has 1 aromatic carbocycles. The average Bonchev–Trinajstić information content (AvgIpc) is 2.85.